The molecule has 0 aliphatic carbocycles. The average Bonchev–Trinajstić information content (AvgIpc) is 2.38. The fraction of sp³-hybridized carbons (Fsp3) is 0.929. The molecular weight excluding hydrogens is 226 g/mol. The zero-order chi connectivity index (χ0) is 13.5. The van der Waals surface area contributed by atoms with Crippen molar-refractivity contribution in [3.05, 3.63) is 0 Å². The van der Waals surface area contributed by atoms with E-state index in [4.69, 9.17) is 0 Å². The lowest BCUT2D eigenvalue weighted by molar-refractivity contribution is -0.134. The number of hydrogen-bond donors (Lipinski definition) is 1. The first-order valence-electron chi connectivity index (χ1n) is 7.22. The lowest BCUT2D eigenvalue weighted by Crippen LogP contribution is -2.48. The Morgan fingerprint density at radius 3 is 2.50 bits per heavy atom. The molecule has 1 atom stereocenters. The van der Waals surface area contributed by atoms with Crippen molar-refractivity contribution in [1.29, 1.82) is 0 Å². The zero-order valence-electron chi connectivity index (χ0n) is 12.4. The molecular formula is C14H29N3O. The third-order valence-electron chi connectivity index (χ3n) is 3.85. The van der Waals surface area contributed by atoms with E-state index in [-0.39, 0.29) is 11.9 Å². The van der Waals surface area contributed by atoms with Gasteiger partial charge in [-0.3, -0.25) is 9.69 Å². The van der Waals surface area contributed by atoms with Crippen LogP contribution in [0, 0.1) is 5.92 Å². The molecule has 1 N–H and O–H groups in total. The van der Waals surface area contributed by atoms with Crippen molar-refractivity contribution in [2.45, 2.75) is 39.2 Å². The summed E-state index contributed by atoms with van der Waals surface area (Å²) < 4.78 is 0. The van der Waals surface area contributed by atoms with Gasteiger partial charge in [-0.05, 0) is 58.3 Å². The van der Waals surface area contributed by atoms with Crippen LogP contribution >= 0.6 is 0 Å². The Balaban J connectivity index is 2.28. The molecule has 18 heavy (non-hydrogen) atoms. The van der Waals surface area contributed by atoms with Crippen LogP contribution in [0.1, 0.15) is 33.1 Å². The molecule has 0 aromatic carbocycles. The van der Waals surface area contributed by atoms with Crippen LogP contribution in [0.15, 0.2) is 0 Å². The number of piperidine rings is 1. The van der Waals surface area contributed by atoms with Crippen molar-refractivity contribution in [2.24, 2.45) is 5.92 Å². The fourth-order valence-corrected chi connectivity index (χ4v) is 2.56. The van der Waals surface area contributed by atoms with Gasteiger partial charge in [0.1, 0.15) is 0 Å². The first kappa shape index (κ1) is 15.4. The van der Waals surface area contributed by atoms with Gasteiger partial charge in [0.25, 0.3) is 0 Å². The predicted molar refractivity (Wildman–Crippen MR) is 75.6 cm³/mol. The summed E-state index contributed by atoms with van der Waals surface area (Å²) in [7, 11) is 3.67. The molecule has 0 radical (unpaired) electrons. The molecule has 1 aliphatic heterocycles. The molecule has 0 bridgehead atoms. The summed E-state index contributed by atoms with van der Waals surface area (Å²) in [4.78, 5) is 15.9. The second kappa shape index (κ2) is 7.74. The molecule has 4 nitrogen and oxygen atoms in total. The molecule has 0 aromatic rings. The van der Waals surface area contributed by atoms with Crippen LogP contribution in [0.5, 0.6) is 0 Å². The SMILES string of the molecule is CCCNCC1CCN(C(C)C(=O)N(C)C)CC1. The Morgan fingerprint density at radius 1 is 1.39 bits per heavy atom. The second-order valence-electron chi connectivity index (χ2n) is 5.59. The highest BCUT2D eigenvalue weighted by Crippen LogP contribution is 2.18. The van der Waals surface area contributed by atoms with Gasteiger partial charge in [0, 0.05) is 14.1 Å². The maximum atomic E-state index is 11.9. The second-order valence-corrected chi connectivity index (χ2v) is 5.59. The monoisotopic (exact) mass is 255 g/mol. The van der Waals surface area contributed by atoms with Crippen LogP contribution in [-0.2, 0) is 4.79 Å². The Morgan fingerprint density at radius 2 is 2.00 bits per heavy atom. The third-order valence-corrected chi connectivity index (χ3v) is 3.85. The van der Waals surface area contributed by atoms with E-state index in [9.17, 15) is 4.79 Å². The van der Waals surface area contributed by atoms with Crippen LogP contribution in [0.2, 0.25) is 0 Å². The van der Waals surface area contributed by atoms with E-state index in [1.165, 1.54) is 19.3 Å². The van der Waals surface area contributed by atoms with Crippen molar-refractivity contribution in [2.75, 3.05) is 40.3 Å². The number of carbonyl (C=O) groups is 1. The van der Waals surface area contributed by atoms with Crippen LogP contribution in [0.25, 0.3) is 0 Å². The van der Waals surface area contributed by atoms with Gasteiger partial charge in [-0.25, -0.2) is 0 Å². The lowest BCUT2D eigenvalue weighted by atomic mass is 9.95. The van der Waals surface area contributed by atoms with Gasteiger partial charge in [-0.2, -0.15) is 0 Å². The van der Waals surface area contributed by atoms with Crippen LogP contribution < -0.4 is 5.32 Å². The Hall–Kier alpha value is -0.610. The van der Waals surface area contributed by atoms with E-state index < -0.39 is 0 Å². The molecule has 1 unspecified atom stereocenters. The Labute approximate surface area is 112 Å². The summed E-state index contributed by atoms with van der Waals surface area (Å²) in [5.74, 6) is 1.01. The lowest BCUT2D eigenvalue weighted by Gasteiger charge is -2.36. The van der Waals surface area contributed by atoms with Crippen LogP contribution in [0.3, 0.4) is 0 Å². The van der Waals surface area contributed by atoms with Gasteiger partial charge in [0.15, 0.2) is 0 Å². The third kappa shape index (κ3) is 4.58. The number of amides is 1. The van der Waals surface area contributed by atoms with E-state index in [0.717, 1.165) is 32.1 Å². The number of likely N-dealkylation sites (N-methyl/N-ethyl adjacent to an activating group) is 1. The van der Waals surface area contributed by atoms with Gasteiger partial charge in [-0.15, -0.1) is 0 Å². The summed E-state index contributed by atoms with van der Waals surface area (Å²) in [6.45, 7) is 8.59. The van der Waals surface area contributed by atoms with Crippen LogP contribution in [0.4, 0.5) is 0 Å². The minimum atomic E-state index is 0.0320. The standard InChI is InChI=1S/C14H29N3O/c1-5-8-15-11-13-6-9-17(10-7-13)12(2)14(18)16(3)4/h12-13,15H,5-11H2,1-4H3. The smallest absolute Gasteiger partial charge is 0.239 e. The minimum Gasteiger partial charge on any atom is -0.347 e. The number of likely N-dealkylation sites (tertiary alicyclic amines) is 1. The molecule has 1 heterocycles. The van der Waals surface area contributed by atoms with Crippen molar-refractivity contribution < 1.29 is 4.79 Å². The van der Waals surface area contributed by atoms with E-state index in [2.05, 4.69) is 17.1 Å². The summed E-state index contributed by atoms with van der Waals surface area (Å²) >= 11 is 0. The van der Waals surface area contributed by atoms with Gasteiger partial charge in [0.2, 0.25) is 5.91 Å². The maximum Gasteiger partial charge on any atom is 0.239 e. The molecule has 106 valence electrons. The minimum absolute atomic E-state index is 0.0320. The van der Waals surface area contributed by atoms with Crippen molar-refractivity contribution in [3.8, 4) is 0 Å². The highest BCUT2D eigenvalue weighted by molar-refractivity contribution is 5.80. The largest absolute Gasteiger partial charge is 0.347 e. The van der Waals surface area contributed by atoms with Gasteiger partial charge < -0.3 is 10.2 Å². The average molecular weight is 255 g/mol. The number of nitrogens with zero attached hydrogens (tertiary/aromatic N) is 2. The number of rotatable bonds is 6. The molecule has 4 heteroatoms. The Kier molecular flexibility index (Phi) is 6.65. The summed E-state index contributed by atoms with van der Waals surface area (Å²) in [6.07, 6.45) is 3.62. The van der Waals surface area contributed by atoms with Gasteiger partial charge in [0.05, 0.1) is 6.04 Å². The highest BCUT2D eigenvalue weighted by atomic mass is 16.2. The molecule has 1 saturated heterocycles. The maximum absolute atomic E-state index is 11.9. The van der Waals surface area contributed by atoms with E-state index in [1.54, 1.807) is 4.90 Å². The summed E-state index contributed by atoms with van der Waals surface area (Å²) in [5.41, 5.74) is 0. The molecule has 0 saturated carbocycles. The van der Waals surface area contributed by atoms with Crippen LogP contribution in [-0.4, -0.2) is 62.0 Å². The van der Waals surface area contributed by atoms with Gasteiger partial charge in [-0.1, -0.05) is 6.92 Å². The number of hydrogen-bond acceptors (Lipinski definition) is 3. The highest BCUT2D eigenvalue weighted by Gasteiger charge is 2.26. The van der Waals surface area contributed by atoms with Crippen molar-refractivity contribution >= 4 is 5.91 Å². The quantitative estimate of drug-likeness (QED) is 0.724. The van der Waals surface area contributed by atoms with Crippen molar-refractivity contribution in [3.63, 3.8) is 0 Å². The van der Waals surface area contributed by atoms with Gasteiger partial charge >= 0.3 is 0 Å². The van der Waals surface area contributed by atoms with Crippen molar-refractivity contribution in [1.82, 2.24) is 15.1 Å². The first-order valence-corrected chi connectivity index (χ1v) is 7.22. The van der Waals surface area contributed by atoms with E-state index in [1.807, 2.05) is 21.0 Å². The normalized spacial score (nSPS) is 19.8. The van der Waals surface area contributed by atoms with E-state index >= 15 is 0 Å². The topological polar surface area (TPSA) is 35.6 Å². The molecule has 0 aromatic heterocycles. The van der Waals surface area contributed by atoms with E-state index in [0.29, 0.717) is 0 Å². The molecule has 1 fully saturated rings. The predicted octanol–water partition coefficient (Wildman–Crippen LogP) is 1.17. The zero-order valence-corrected chi connectivity index (χ0v) is 12.4. The number of carbonyl (C=O) groups excluding carboxylic acids is 1. The summed E-state index contributed by atoms with van der Waals surface area (Å²) in [5, 5.41) is 3.50. The molecule has 0 spiro atoms. The fourth-order valence-electron chi connectivity index (χ4n) is 2.56. The summed E-state index contributed by atoms with van der Waals surface area (Å²) in [6, 6.07) is 0.0320. The number of nitrogens with one attached hydrogen (secondary N) is 1. The molecule has 1 aliphatic rings. The molecule has 1 amide bonds. The first-order chi connectivity index (χ1) is 8.56. The molecule has 1 rings (SSSR count). The Bertz CT molecular complexity index is 247.